The number of halogens is 1. The number of nitrogen functional groups attached to an aromatic ring is 1. The van der Waals surface area contributed by atoms with Crippen molar-refractivity contribution in [2.75, 3.05) is 5.73 Å². The number of anilines is 1. The van der Waals surface area contributed by atoms with Crippen LogP contribution < -0.4 is 5.73 Å². The summed E-state index contributed by atoms with van der Waals surface area (Å²) in [6.07, 6.45) is 0. The zero-order valence-corrected chi connectivity index (χ0v) is 12.1. The summed E-state index contributed by atoms with van der Waals surface area (Å²) in [7, 11) is 1.79. The van der Waals surface area contributed by atoms with Crippen molar-refractivity contribution < 1.29 is 4.79 Å². The van der Waals surface area contributed by atoms with Gasteiger partial charge in [-0.25, -0.2) is 0 Å². The van der Waals surface area contributed by atoms with E-state index >= 15 is 0 Å². The third-order valence-corrected chi connectivity index (χ3v) is 4.10. The molecule has 0 atom stereocenters. The molecule has 5 nitrogen and oxygen atoms in total. The molecule has 104 valence electrons. The van der Waals surface area contributed by atoms with Gasteiger partial charge >= 0.3 is 0 Å². The monoisotopic (exact) mass is 290 g/mol. The summed E-state index contributed by atoms with van der Waals surface area (Å²) in [6.45, 7) is 2.94. The fourth-order valence-electron chi connectivity index (χ4n) is 2.55. The van der Waals surface area contributed by atoms with Crippen LogP contribution in [0.1, 0.15) is 27.2 Å². The van der Waals surface area contributed by atoms with Gasteiger partial charge in [0.1, 0.15) is 5.15 Å². The second kappa shape index (κ2) is 4.52. The lowest BCUT2D eigenvalue weighted by molar-refractivity contribution is 0.0766. The Morgan fingerprint density at radius 1 is 1.45 bits per heavy atom. The lowest BCUT2D eigenvalue weighted by Crippen LogP contribution is -2.23. The molecule has 0 radical (unpaired) electrons. The fraction of sp³-hybridized carbons (Fsp3) is 0.286. The molecule has 1 aromatic carbocycles. The van der Waals surface area contributed by atoms with Crippen LogP contribution in [0.15, 0.2) is 18.2 Å². The first-order chi connectivity index (χ1) is 9.47. The molecule has 2 heterocycles. The maximum atomic E-state index is 12.4. The Hall–Kier alpha value is -2.01. The highest BCUT2D eigenvalue weighted by molar-refractivity contribution is 6.30. The zero-order valence-electron chi connectivity index (χ0n) is 11.4. The fourth-order valence-corrected chi connectivity index (χ4v) is 2.79. The average molecular weight is 291 g/mol. The van der Waals surface area contributed by atoms with E-state index in [0.717, 1.165) is 16.8 Å². The van der Waals surface area contributed by atoms with E-state index in [-0.39, 0.29) is 5.91 Å². The van der Waals surface area contributed by atoms with E-state index in [2.05, 4.69) is 5.10 Å². The van der Waals surface area contributed by atoms with E-state index in [1.807, 2.05) is 19.1 Å². The Morgan fingerprint density at radius 3 is 2.85 bits per heavy atom. The number of rotatable bonds is 2. The molecule has 0 bridgehead atoms. The van der Waals surface area contributed by atoms with E-state index in [4.69, 9.17) is 17.3 Å². The molecular weight excluding hydrogens is 276 g/mol. The van der Waals surface area contributed by atoms with Crippen LogP contribution in [0.4, 0.5) is 5.69 Å². The number of nitrogens with zero attached hydrogens (tertiary/aromatic N) is 3. The van der Waals surface area contributed by atoms with Crippen molar-refractivity contribution in [3.8, 4) is 0 Å². The molecule has 1 aliphatic rings. The van der Waals surface area contributed by atoms with Crippen molar-refractivity contribution in [3.05, 3.63) is 45.7 Å². The number of amides is 1. The van der Waals surface area contributed by atoms with E-state index in [9.17, 15) is 4.79 Å². The van der Waals surface area contributed by atoms with Gasteiger partial charge in [-0.1, -0.05) is 17.7 Å². The van der Waals surface area contributed by atoms with Crippen LogP contribution in [0.5, 0.6) is 0 Å². The van der Waals surface area contributed by atoms with E-state index in [0.29, 0.717) is 29.5 Å². The van der Waals surface area contributed by atoms with Crippen LogP contribution >= 0.6 is 11.6 Å². The Kier molecular flexibility index (Phi) is 2.94. The van der Waals surface area contributed by atoms with Gasteiger partial charge in [0.25, 0.3) is 5.91 Å². The minimum absolute atomic E-state index is 0.00776. The molecular formula is C14H15ClN4O. The number of hydrogen-bond donors (Lipinski definition) is 1. The highest BCUT2D eigenvalue weighted by Crippen LogP contribution is 2.28. The van der Waals surface area contributed by atoms with Gasteiger partial charge in [0.05, 0.1) is 12.2 Å². The highest BCUT2D eigenvalue weighted by Gasteiger charge is 2.29. The summed E-state index contributed by atoms with van der Waals surface area (Å²) in [5, 5.41) is 4.84. The molecule has 2 aromatic rings. The maximum absolute atomic E-state index is 12.4. The summed E-state index contributed by atoms with van der Waals surface area (Å²) >= 11 is 6.22. The third kappa shape index (κ3) is 1.94. The topological polar surface area (TPSA) is 64.2 Å². The van der Waals surface area contributed by atoms with Crippen molar-refractivity contribution in [2.24, 2.45) is 7.05 Å². The van der Waals surface area contributed by atoms with Gasteiger partial charge in [-0.3, -0.25) is 9.48 Å². The molecule has 20 heavy (non-hydrogen) atoms. The first kappa shape index (κ1) is 13.0. The van der Waals surface area contributed by atoms with E-state index in [1.165, 1.54) is 0 Å². The van der Waals surface area contributed by atoms with Gasteiger partial charge < -0.3 is 10.6 Å². The standard InChI is InChI=1S/C14H15ClN4O/c1-8-12(13(15)18(2)17-8)7-19-6-9-3-4-10(16)5-11(9)14(19)20/h3-5H,6-7,16H2,1-2H3. The van der Waals surface area contributed by atoms with Gasteiger partial charge in [0, 0.05) is 30.4 Å². The van der Waals surface area contributed by atoms with Crippen LogP contribution in [0.3, 0.4) is 0 Å². The maximum Gasteiger partial charge on any atom is 0.254 e. The Bertz CT molecular complexity index is 707. The van der Waals surface area contributed by atoms with Crippen molar-refractivity contribution in [1.82, 2.24) is 14.7 Å². The normalized spacial score (nSPS) is 13.9. The SMILES string of the molecule is Cc1nn(C)c(Cl)c1CN1Cc2ccc(N)cc2C1=O. The molecule has 1 aromatic heterocycles. The summed E-state index contributed by atoms with van der Waals surface area (Å²) in [5.41, 5.74) is 9.77. The molecule has 0 saturated heterocycles. The van der Waals surface area contributed by atoms with Crippen molar-refractivity contribution >= 4 is 23.2 Å². The van der Waals surface area contributed by atoms with Crippen LogP contribution in [-0.4, -0.2) is 20.6 Å². The minimum atomic E-state index is -0.00776. The number of carbonyl (C=O) groups is 1. The average Bonchev–Trinajstić information content (AvgIpc) is 2.83. The predicted molar refractivity (Wildman–Crippen MR) is 77.4 cm³/mol. The Morgan fingerprint density at radius 2 is 2.20 bits per heavy atom. The molecule has 0 saturated carbocycles. The quantitative estimate of drug-likeness (QED) is 0.862. The summed E-state index contributed by atoms with van der Waals surface area (Å²) in [4.78, 5) is 14.1. The molecule has 0 spiro atoms. The van der Waals surface area contributed by atoms with Crippen LogP contribution in [-0.2, 0) is 20.1 Å². The Labute approximate surface area is 121 Å². The molecule has 0 aliphatic carbocycles. The molecule has 6 heteroatoms. The lowest BCUT2D eigenvalue weighted by Gasteiger charge is -2.15. The zero-order chi connectivity index (χ0) is 14.4. The lowest BCUT2D eigenvalue weighted by atomic mass is 10.1. The highest BCUT2D eigenvalue weighted by atomic mass is 35.5. The molecule has 0 fully saturated rings. The van der Waals surface area contributed by atoms with Crippen molar-refractivity contribution in [2.45, 2.75) is 20.0 Å². The van der Waals surface area contributed by atoms with Crippen molar-refractivity contribution in [1.29, 1.82) is 0 Å². The third-order valence-electron chi connectivity index (χ3n) is 3.63. The van der Waals surface area contributed by atoms with Crippen LogP contribution in [0, 0.1) is 6.92 Å². The number of aromatic nitrogens is 2. The predicted octanol–water partition coefficient (Wildman–Crippen LogP) is 2.12. The largest absolute Gasteiger partial charge is 0.399 e. The van der Waals surface area contributed by atoms with E-state index in [1.54, 1.807) is 22.7 Å². The smallest absolute Gasteiger partial charge is 0.254 e. The van der Waals surface area contributed by atoms with Gasteiger partial charge in [-0.15, -0.1) is 0 Å². The summed E-state index contributed by atoms with van der Waals surface area (Å²) in [5.74, 6) is -0.00776. The Balaban J connectivity index is 1.90. The number of hydrogen-bond acceptors (Lipinski definition) is 3. The molecule has 1 aliphatic heterocycles. The number of benzene rings is 1. The number of carbonyl (C=O) groups excluding carboxylic acids is 1. The number of fused-ring (bicyclic) bond motifs is 1. The van der Waals surface area contributed by atoms with Crippen LogP contribution in [0.2, 0.25) is 5.15 Å². The van der Waals surface area contributed by atoms with Crippen LogP contribution in [0.25, 0.3) is 0 Å². The second-order valence-electron chi connectivity index (χ2n) is 5.06. The first-order valence-corrected chi connectivity index (χ1v) is 6.71. The number of aryl methyl sites for hydroxylation is 2. The second-order valence-corrected chi connectivity index (χ2v) is 5.41. The molecule has 0 unspecified atom stereocenters. The molecule has 3 rings (SSSR count). The van der Waals surface area contributed by atoms with E-state index < -0.39 is 0 Å². The summed E-state index contributed by atoms with van der Waals surface area (Å²) < 4.78 is 1.62. The summed E-state index contributed by atoms with van der Waals surface area (Å²) in [6, 6.07) is 5.45. The molecule has 2 N–H and O–H groups in total. The van der Waals surface area contributed by atoms with Crippen molar-refractivity contribution in [3.63, 3.8) is 0 Å². The minimum Gasteiger partial charge on any atom is -0.399 e. The van der Waals surface area contributed by atoms with Gasteiger partial charge in [0.15, 0.2) is 0 Å². The van der Waals surface area contributed by atoms with Gasteiger partial charge in [0.2, 0.25) is 0 Å². The first-order valence-electron chi connectivity index (χ1n) is 6.33. The number of nitrogens with two attached hydrogens (primary N) is 1. The van der Waals surface area contributed by atoms with Gasteiger partial charge in [-0.2, -0.15) is 5.10 Å². The molecule has 1 amide bonds. The van der Waals surface area contributed by atoms with Gasteiger partial charge in [-0.05, 0) is 24.6 Å².